The molecule has 1 aliphatic rings. The molecule has 0 unspecified atom stereocenters. The molecular weight excluding hydrogens is 333 g/mol. The Morgan fingerprint density at radius 2 is 1.85 bits per heavy atom. The van der Waals surface area contributed by atoms with E-state index in [1.54, 1.807) is 27.3 Å². The van der Waals surface area contributed by atoms with Gasteiger partial charge in [-0.15, -0.1) is 0 Å². The third-order valence-corrected chi connectivity index (χ3v) is 4.76. The number of anilines is 1. The molecule has 1 fully saturated rings. The standard InChI is InChI=1S/C20H24FN3O2/c1-22-19(24-14-8-9-17(25-2)18(12-14)26-3)23-13-20(10-11-20)15-6-4-5-7-16(15)21/h4-9,12H,10-11,13H2,1-3H3,(H2,22,23,24). The Balaban J connectivity index is 1.67. The number of nitrogens with one attached hydrogen (secondary N) is 2. The highest BCUT2D eigenvalue weighted by Gasteiger charge is 2.45. The summed E-state index contributed by atoms with van der Waals surface area (Å²) in [6, 6.07) is 12.6. The second kappa shape index (κ2) is 7.64. The van der Waals surface area contributed by atoms with Gasteiger partial charge < -0.3 is 20.1 Å². The van der Waals surface area contributed by atoms with Crippen LogP contribution in [0.1, 0.15) is 18.4 Å². The van der Waals surface area contributed by atoms with Crippen LogP contribution >= 0.6 is 0 Å². The second-order valence-electron chi connectivity index (χ2n) is 6.38. The van der Waals surface area contributed by atoms with Gasteiger partial charge >= 0.3 is 0 Å². The Labute approximate surface area is 153 Å². The molecule has 26 heavy (non-hydrogen) atoms. The number of aliphatic imine (C=N–C) groups is 1. The summed E-state index contributed by atoms with van der Waals surface area (Å²) >= 11 is 0. The second-order valence-corrected chi connectivity index (χ2v) is 6.38. The van der Waals surface area contributed by atoms with Crippen LogP contribution in [0.25, 0.3) is 0 Å². The van der Waals surface area contributed by atoms with Crippen LogP contribution in [0.15, 0.2) is 47.5 Å². The average molecular weight is 357 g/mol. The van der Waals surface area contributed by atoms with Gasteiger partial charge in [0, 0.05) is 30.8 Å². The minimum absolute atomic E-state index is 0.144. The first kappa shape index (κ1) is 18.0. The predicted molar refractivity (Wildman–Crippen MR) is 102 cm³/mol. The van der Waals surface area contributed by atoms with Crippen molar-refractivity contribution in [2.45, 2.75) is 18.3 Å². The molecule has 0 bridgehead atoms. The molecular formula is C20H24FN3O2. The number of hydrogen-bond donors (Lipinski definition) is 2. The fourth-order valence-corrected chi connectivity index (χ4v) is 3.07. The Bertz CT molecular complexity index is 803. The lowest BCUT2D eigenvalue weighted by atomic mass is 9.95. The lowest BCUT2D eigenvalue weighted by Crippen LogP contribution is -2.37. The van der Waals surface area contributed by atoms with Gasteiger partial charge in [0.1, 0.15) is 5.82 Å². The van der Waals surface area contributed by atoms with Gasteiger partial charge in [-0.3, -0.25) is 4.99 Å². The molecule has 138 valence electrons. The maximum Gasteiger partial charge on any atom is 0.195 e. The monoisotopic (exact) mass is 357 g/mol. The smallest absolute Gasteiger partial charge is 0.195 e. The third kappa shape index (κ3) is 3.74. The molecule has 0 spiro atoms. The Morgan fingerprint density at radius 1 is 1.12 bits per heavy atom. The number of nitrogens with zero attached hydrogens (tertiary/aromatic N) is 1. The summed E-state index contributed by atoms with van der Waals surface area (Å²) in [7, 11) is 4.90. The SMILES string of the molecule is CN=C(NCC1(c2ccccc2F)CC1)Nc1ccc(OC)c(OC)c1. The van der Waals surface area contributed by atoms with Crippen LogP contribution in [0.5, 0.6) is 11.5 Å². The van der Waals surface area contributed by atoms with Gasteiger partial charge in [-0.2, -0.15) is 0 Å². The van der Waals surface area contributed by atoms with E-state index in [0.717, 1.165) is 24.1 Å². The summed E-state index contributed by atoms with van der Waals surface area (Å²) < 4.78 is 24.7. The number of halogens is 1. The molecule has 3 rings (SSSR count). The summed E-state index contributed by atoms with van der Waals surface area (Å²) in [5, 5.41) is 6.54. The van der Waals surface area contributed by atoms with E-state index in [4.69, 9.17) is 9.47 Å². The van der Waals surface area contributed by atoms with Crippen LogP contribution in [0.3, 0.4) is 0 Å². The zero-order chi connectivity index (χ0) is 18.6. The largest absolute Gasteiger partial charge is 0.493 e. The highest BCUT2D eigenvalue weighted by Crippen LogP contribution is 2.48. The molecule has 0 amide bonds. The first-order valence-electron chi connectivity index (χ1n) is 8.56. The van der Waals surface area contributed by atoms with E-state index in [2.05, 4.69) is 15.6 Å². The van der Waals surface area contributed by atoms with E-state index in [-0.39, 0.29) is 11.2 Å². The van der Waals surface area contributed by atoms with Crippen molar-refractivity contribution < 1.29 is 13.9 Å². The number of hydrogen-bond acceptors (Lipinski definition) is 3. The average Bonchev–Trinajstić information content (AvgIpc) is 3.46. The fraction of sp³-hybridized carbons (Fsp3) is 0.350. The number of methoxy groups -OCH3 is 2. The summed E-state index contributed by atoms with van der Waals surface area (Å²) in [5.74, 6) is 1.78. The van der Waals surface area contributed by atoms with Gasteiger partial charge in [0.05, 0.1) is 14.2 Å². The molecule has 0 atom stereocenters. The molecule has 1 aliphatic carbocycles. The van der Waals surface area contributed by atoms with Crippen LogP contribution in [-0.2, 0) is 5.41 Å². The van der Waals surface area contributed by atoms with Crippen molar-refractivity contribution in [3.8, 4) is 11.5 Å². The van der Waals surface area contributed by atoms with Crippen molar-refractivity contribution in [2.75, 3.05) is 33.1 Å². The Kier molecular flexibility index (Phi) is 5.30. The van der Waals surface area contributed by atoms with Crippen molar-refractivity contribution in [2.24, 2.45) is 4.99 Å². The van der Waals surface area contributed by atoms with E-state index >= 15 is 0 Å². The summed E-state index contributed by atoms with van der Waals surface area (Å²) in [5.41, 5.74) is 1.45. The molecule has 2 N–H and O–H groups in total. The molecule has 0 aliphatic heterocycles. The summed E-state index contributed by atoms with van der Waals surface area (Å²) in [6.07, 6.45) is 1.93. The Hall–Kier alpha value is -2.76. The minimum atomic E-state index is -0.152. The zero-order valence-corrected chi connectivity index (χ0v) is 15.3. The molecule has 0 heterocycles. The maximum absolute atomic E-state index is 14.1. The van der Waals surface area contributed by atoms with E-state index in [0.29, 0.717) is 24.0 Å². The van der Waals surface area contributed by atoms with E-state index in [9.17, 15) is 4.39 Å². The molecule has 0 aromatic heterocycles. The third-order valence-electron chi connectivity index (χ3n) is 4.76. The maximum atomic E-state index is 14.1. The number of benzene rings is 2. The molecule has 5 nitrogen and oxygen atoms in total. The van der Waals surface area contributed by atoms with Crippen LogP contribution in [-0.4, -0.2) is 33.8 Å². The number of rotatable bonds is 6. The zero-order valence-electron chi connectivity index (χ0n) is 15.3. The van der Waals surface area contributed by atoms with Crippen LogP contribution in [0, 0.1) is 5.82 Å². The molecule has 0 radical (unpaired) electrons. The lowest BCUT2D eigenvalue weighted by molar-refractivity contribution is 0.355. The van der Waals surface area contributed by atoms with Crippen LogP contribution < -0.4 is 20.1 Å². The number of ether oxygens (including phenoxy) is 2. The highest BCUT2D eigenvalue weighted by atomic mass is 19.1. The van der Waals surface area contributed by atoms with Gasteiger partial charge in [0.25, 0.3) is 0 Å². The first-order chi connectivity index (χ1) is 12.6. The first-order valence-corrected chi connectivity index (χ1v) is 8.56. The van der Waals surface area contributed by atoms with Crippen molar-refractivity contribution >= 4 is 11.6 Å². The minimum Gasteiger partial charge on any atom is -0.493 e. The van der Waals surface area contributed by atoms with Gasteiger partial charge in [0.15, 0.2) is 17.5 Å². The molecule has 6 heteroatoms. The normalized spacial score (nSPS) is 15.3. The molecule has 2 aromatic rings. The summed E-state index contributed by atoms with van der Waals surface area (Å²) in [4.78, 5) is 4.26. The van der Waals surface area contributed by atoms with E-state index in [1.165, 1.54) is 6.07 Å². The van der Waals surface area contributed by atoms with Gasteiger partial charge in [0.2, 0.25) is 0 Å². The van der Waals surface area contributed by atoms with Crippen LogP contribution in [0.4, 0.5) is 10.1 Å². The molecule has 2 aromatic carbocycles. The van der Waals surface area contributed by atoms with Crippen molar-refractivity contribution in [1.29, 1.82) is 0 Å². The van der Waals surface area contributed by atoms with Crippen molar-refractivity contribution in [3.63, 3.8) is 0 Å². The van der Waals surface area contributed by atoms with Crippen molar-refractivity contribution in [1.82, 2.24) is 5.32 Å². The summed E-state index contributed by atoms with van der Waals surface area (Å²) in [6.45, 7) is 0.626. The quantitative estimate of drug-likeness (QED) is 0.613. The van der Waals surface area contributed by atoms with Gasteiger partial charge in [-0.1, -0.05) is 18.2 Å². The van der Waals surface area contributed by atoms with Crippen LogP contribution in [0.2, 0.25) is 0 Å². The molecule has 0 saturated heterocycles. The fourth-order valence-electron chi connectivity index (χ4n) is 3.07. The number of guanidine groups is 1. The Morgan fingerprint density at radius 3 is 2.46 bits per heavy atom. The van der Waals surface area contributed by atoms with Gasteiger partial charge in [-0.05, 0) is 36.6 Å². The lowest BCUT2D eigenvalue weighted by Gasteiger charge is -2.20. The highest BCUT2D eigenvalue weighted by molar-refractivity contribution is 5.94. The van der Waals surface area contributed by atoms with E-state index < -0.39 is 0 Å². The topological polar surface area (TPSA) is 54.9 Å². The van der Waals surface area contributed by atoms with E-state index in [1.807, 2.05) is 30.3 Å². The van der Waals surface area contributed by atoms with Gasteiger partial charge in [-0.25, -0.2) is 4.39 Å². The molecule has 1 saturated carbocycles. The predicted octanol–water partition coefficient (Wildman–Crippen LogP) is 3.56. The van der Waals surface area contributed by atoms with Crippen molar-refractivity contribution in [3.05, 3.63) is 53.8 Å².